The highest BCUT2D eigenvalue weighted by Gasteiger charge is 2.44. The van der Waals surface area contributed by atoms with E-state index in [4.69, 9.17) is 4.74 Å². The van der Waals surface area contributed by atoms with E-state index in [0.717, 1.165) is 15.4 Å². The topological polar surface area (TPSA) is 142 Å². The molecule has 1 aliphatic rings. The zero-order chi connectivity index (χ0) is 22.6. The average Bonchev–Trinajstić information content (AvgIpc) is 3.03. The minimum Gasteiger partial charge on any atom is -0.454 e. The number of aliphatic hydroxyl groups is 1. The first-order valence-electron chi connectivity index (χ1n) is 9.46. The van der Waals surface area contributed by atoms with Gasteiger partial charge in [-0.05, 0) is 51.0 Å². The van der Waals surface area contributed by atoms with Gasteiger partial charge in [-0.1, -0.05) is 6.07 Å². The van der Waals surface area contributed by atoms with Crippen LogP contribution in [-0.4, -0.2) is 67.1 Å². The highest BCUT2D eigenvalue weighted by Crippen LogP contribution is 2.28. The van der Waals surface area contributed by atoms with Crippen molar-refractivity contribution < 1.29 is 32.6 Å². The first-order valence-corrected chi connectivity index (χ1v) is 10.9. The number of amides is 3. The quantitative estimate of drug-likeness (QED) is 0.536. The first-order chi connectivity index (χ1) is 13.9. The Labute approximate surface area is 175 Å². The van der Waals surface area contributed by atoms with E-state index in [1.807, 2.05) is 12.2 Å². The number of carbonyl (C=O) groups is 3. The van der Waals surface area contributed by atoms with E-state index < -0.39 is 46.7 Å². The van der Waals surface area contributed by atoms with Crippen molar-refractivity contribution in [3.63, 3.8) is 0 Å². The average molecular weight is 442 g/mol. The van der Waals surface area contributed by atoms with Crippen LogP contribution in [0.1, 0.15) is 31.4 Å². The molecule has 3 amide bonds. The van der Waals surface area contributed by atoms with Gasteiger partial charge in [-0.15, -0.1) is 0 Å². The van der Waals surface area contributed by atoms with Gasteiger partial charge in [-0.3, -0.25) is 14.9 Å². The highest BCUT2D eigenvalue weighted by atomic mass is 32.2. The first kappa shape index (κ1) is 23.8. The summed E-state index contributed by atoms with van der Waals surface area (Å²) in [4.78, 5) is 35.7. The second kappa shape index (κ2) is 9.54. The number of nitrogens with zero attached hydrogens (tertiary/aromatic N) is 1. The molecule has 0 aromatic heterocycles. The van der Waals surface area contributed by atoms with Gasteiger partial charge in [0.05, 0.1) is 11.0 Å². The number of aryl methyl sites for hydroxylation is 2. The third-order valence-electron chi connectivity index (χ3n) is 4.61. The van der Waals surface area contributed by atoms with Gasteiger partial charge in [0.1, 0.15) is 6.04 Å². The molecule has 2 rings (SSSR count). The SMILES string of the molecule is Cc1ccc(S(=O)(=O)N2CC(O)CC2C(=O)OCC(=O)NC(=O)NC(C)C)cc1C. The molecule has 1 aliphatic heterocycles. The Morgan fingerprint density at radius 1 is 1.23 bits per heavy atom. The van der Waals surface area contributed by atoms with Crippen LogP contribution in [0, 0.1) is 13.8 Å². The summed E-state index contributed by atoms with van der Waals surface area (Å²) in [5, 5.41) is 14.4. The van der Waals surface area contributed by atoms with Gasteiger partial charge >= 0.3 is 12.0 Å². The van der Waals surface area contributed by atoms with Crippen LogP contribution in [0.3, 0.4) is 0 Å². The third kappa shape index (κ3) is 5.77. The Hall–Kier alpha value is -2.50. The molecule has 0 spiro atoms. The molecule has 1 aromatic rings. The van der Waals surface area contributed by atoms with Gasteiger partial charge in [0.25, 0.3) is 5.91 Å². The number of aliphatic hydroxyl groups excluding tert-OH is 1. The molecule has 30 heavy (non-hydrogen) atoms. The molecule has 3 N–H and O–H groups in total. The Kier molecular flexibility index (Phi) is 7.56. The number of nitrogens with one attached hydrogen (secondary N) is 2. The summed E-state index contributed by atoms with van der Waals surface area (Å²) in [5.41, 5.74) is 1.69. The number of benzene rings is 1. The van der Waals surface area contributed by atoms with Crippen LogP contribution in [0.4, 0.5) is 4.79 Å². The molecule has 10 nitrogen and oxygen atoms in total. The van der Waals surface area contributed by atoms with Crippen LogP contribution in [0.25, 0.3) is 0 Å². The Balaban J connectivity index is 2.08. The monoisotopic (exact) mass is 441 g/mol. The summed E-state index contributed by atoms with van der Waals surface area (Å²) in [7, 11) is -4.07. The molecule has 2 unspecified atom stereocenters. The fourth-order valence-electron chi connectivity index (χ4n) is 2.97. The molecule has 0 saturated carbocycles. The van der Waals surface area contributed by atoms with Crippen molar-refractivity contribution in [1.82, 2.24) is 14.9 Å². The lowest BCUT2D eigenvalue weighted by Gasteiger charge is -2.22. The lowest BCUT2D eigenvalue weighted by Crippen LogP contribution is -2.45. The van der Waals surface area contributed by atoms with Gasteiger partial charge in [0, 0.05) is 19.0 Å². The summed E-state index contributed by atoms with van der Waals surface area (Å²) in [6.45, 7) is 6.01. The maximum absolute atomic E-state index is 13.0. The van der Waals surface area contributed by atoms with Crippen LogP contribution in [0.15, 0.2) is 23.1 Å². The largest absolute Gasteiger partial charge is 0.454 e. The van der Waals surface area contributed by atoms with Gasteiger partial charge in [0.15, 0.2) is 6.61 Å². The molecule has 11 heteroatoms. The van der Waals surface area contributed by atoms with Crippen LogP contribution < -0.4 is 10.6 Å². The molecule has 166 valence electrons. The molecule has 1 saturated heterocycles. The number of imide groups is 1. The van der Waals surface area contributed by atoms with Crippen molar-refractivity contribution in [1.29, 1.82) is 0 Å². The lowest BCUT2D eigenvalue weighted by molar-refractivity contribution is -0.151. The minimum absolute atomic E-state index is 0.000555. The molecule has 1 aromatic carbocycles. The van der Waals surface area contributed by atoms with E-state index >= 15 is 0 Å². The lowest BCUT2D eigenvalue weighted by atomic mass is 10.1. The highest BCUT2D eigenvalue weighted by molar-refractivity contribution is 7.89. The normalized spacial score (nSPS) is 19.5. The summed E-state index contributed by atoms with van der Waals surface area (Å²) in [6, 6.07) is 2.40. The number of esters is 1. The Morgan fingerprint density at radius 2 is 1.90 bits per heavy atom. The maximum atomic E-state index is 13.0. The van der Waals surface area contributed by atoms with E-state index in [1.165, 1.54) is 12.1 Å². The van der Waals surface area contributed by atoms with Gasteiger partial charge in [0.2, 0.25) is 10.0 Å². The predicted molar refractivity (Wildman–Crippen MR) is 107 cm³/mol. The van der Waals surface area contributed by atoms with E-state index in [-0.39, 0.29) is 23.9 Å². The third-order valence-corrected chi connectivity index (χ3v) is 6.48. The van der Waals surface area contributed by atoms with Crippen LogP contribution in [0.2, 0.25) is 0 Å². The number of urea groups is 1. The number of β-amino-alcohol motifs (C(OH)–C–C–N with tert-alkyl or cyclic N) is 1. The number of hydrogen-bond donors (Lipinski definition) is 3. The smallest absolute Gasteiger partial charge is 0.325 e. The Morgan fingerprint density at radius 3 is 2.50 bits per heavy atom. The predicted octanol–water partition coefficient (Wildman–Crippen LogP) is 0.205. The summed E-state index contributed by atoms with van der Waals surface area (Å²) in [5.74, 6) is -1.83. The number of hydrogen-bond acceptors (Lipinski definition) is 7. The maximum Gasteiger partial charge on any atom is 0.325 e. The molecule has 0 bridgehead atoms. The standard InChI is InChI=1S/C19H27N3O7S/c1-11(2)20-19(26)21-17(24)10-29-18(25)16-8-14(23)9-22(16)30(27,28)15-6-5-12(3)13(4)7-15/h5-7,11,14,16,23H,8-10H2,1-4H3,(H2,20,21,24,26). The Bertz CT molecular complexity index is 930. The molecule has 1 fully saturated rings. The van der Waals surface area contributed by atoms with Gasteiger partial charge in [-0.2, -0.15) is 4.31 Å². The fraction of sp³-hybridized carbons (Fsp3) is 0.526. The van der Waals surface area contributed by atoms with Gasteiger partial charge in [-0.25, -0.2) is 13.2 Å². The molecule has 1 heterocycles. The van der Waals surface area contributed by atoms with E-state index in [9.17, 15) is 27.9 Å². The van der Waals surface area contributed by atoms with Crippen LogP contribution in [-0.2, 0) is 24.3 Å². The van der Waals surface area contributed by atoms with E-state index in [1.54, 1.807) is 26.8 Å². The van der Waals surface area contributed by atoms with Crippen LogP contribution >= 0.6 is 0 Å². The summed E-state index contributed by atoms with van der Waals surface area (Å²) in [6.07, 6.45) is -1.20. The zero-order valence-electron chi connectivity index (χ0n) is 17.3. The summed E-state index contributed by atoms with van der Waals surface area (Å²) >= 11 is 0. The molecule has 0 aliphatic carbocycles. The summed E-state index contributed by atoms with van der Waals surface area (Å²) < 4.78 is 31.8. The van der Waals surface area contributed by atoms with E-state index in [2.05, 4.69) is 5.32 Å². The van der Waals surface area contributed by atoms with Crippen molar-refractivity contribution in [2.24, 2.45) is 0 Å². The molecular formula is C19H27N3O7S. The second-order valence-electron chi connectivity index (χ2n) is 7.51. The van der Waals surface area contributed by atoms with Crippen LogP contribution in [0.5, 0.6) is 0 Å². The van der Waals surface area contributed by atoms with E-state index in [0.29, 0.717) is 0 Å². The van der Waals surface area contributed by atoms with Gasteiger partial charge < -0.3 is 15.2 Å². The number of ether oxygens (including phenoxy) is 1. The van der Waals surface area contributed by atoms with Crippen molar-refractivity contribution in [3.05, 3.63) is 29.3 Å². The fourth-order valence-corrected chi connectivity index (χ4v) is 4.68. The van der Waals surface area contributed by atoms with Crippen molar-refractivity contribution in [2.45, 2.75) is 57.2 Å². The van der Waals surface area contributed by atoms with Crippen molar-refractivity contribution in [2.75, 3.05) is 13.2 Å². The molecule has 2 atom stereocenters. The van der Waals surface area contributed by atoms with Crippen molar-refractivity contribution >= 4 is 27.9 Å². The number of carbonyl (C=O) groups excluding carboxylic acids is 3. The van der Waals surface area contributed by atoms with Crippen molar-refractivity contribution in [3.8, 4) is 0 Å². The minimum atomic E-state index is -4.07. The molecule has 0 radical (unpaired) electrons. The second-order valence-corrected chi connectivity index (χ2v) is 9.40. The number of sulfonamides is 1. The zero-order valence-corrected chi connectivity index (χ0v) is 18.2. The number of rotatable bonds is 6. The molecular weight excluding hydrogens is 414 g/mol.